The number of aromatic amines is 2. The Morgan fingerprint density at radius 3 is 2.50 bits per heavy atom. The van der Waals surface area contributed by atoms with E-state index < -0.39 is 0 Å². The fraction of sp³-hybridized carbons (Fsp3) is 0.438. The maximum absolute atomic E-state index is 11.1. The monoisotopic (exact) mass is 269 g/mol. The van der Waals surface area contributed by atoms with Gasteiger partial charge in [0.25, 0.3) is 5.56 Å². The molecule has 2 bridgehead atoms. The lowest BCUT2D eigenvalue weighted by molar-refractivity contribution is 0.440. The van der Waals surface area contributed by atoms with Gasteiger partial charge in [0.2, 0.25) is 0 Å². The van der Waals surface area contributed by atoms with E-state index in [9.17, 15) is 4.79 Å². The number of anilines is 1. The molecule has 4 rings (SSSR count). The summed E-state index contributed by atoms with van der Waals surface area (Å²) in [4.78, 5) is 11.1. The first-order chi connectivity index (χ1) is 9.78. The second kappa shape index (κ2) is 4.54. The van der Waals surface area contributed by atoms with Crippen molar-refractivity contribution in [3.63, 3.8) is 0 Å². The Morgan fingerprint density at radius 1 is 1.05 bits per heavy atom. The van der Waals surface area contributed by atoms with Crippen molar-refractivity contribution in [2.24, 2.45) is 11.8 Å². The van der Waals surface area contributed by atoms with Crippen molar-refractivity contribution in [2.75, 3.05) is 5.32 Å². The van der Waals surface area contributed by atoms with Gasteiger partial charge in [-0.15, -0.1) is 0 Å². The topological polar surface area (TPSA) is 60.7 Å². The lowest BCUT2D eigenvalue weighted by atomic mass is 9.95. The molecule has 3 atom stereocenters. The zero-order chi connectivity index (χ0) is 13.5. The van der Waals surface area contributed by atoms with Crippen molar-refractivity contribution in [1.82, 2.24) is 10.2 Å². The van der Waals surface area contributed by atoms with Crippen molar-refractivity contribution in [3.05, 3.63) is 40.7 Å². The number of nitrogens with one attached hydrogen (secondary N) is 3. The number of aromatic nitrogens is 2. The van der Waals surface area contributed by atoms with Crippen LogP contribution in [0, 0.1) is 11.8 Å². The van der Waals surface area contributed by atoms with Crippen LogP contribution in [0.4, 0.5) is 5.69 Å². The summed E-state index contributed by atoms with van der Waals surface area (Å²) in [6.07, 6.45) is 5.57. The van der Waals surface area contributed by atoms with Crippen molar-refractivity contribution in [2.45, 2.75) is 31.7 Å². The number of hydrogen-bond acceptors (Lipinski definition) is 2. The van der Waals surface area contributed by atoms with Gasteiger partial charge in [0.15, 0.2) is 0 Å². The summed E-state index contributed by atoms with van der Waals surface area (Å²) in [7, 11) is 0. The zero-order valence-corrected chi connectivity index (χ0v) is 11.4. The summed E-state index contributed by atoms with van der Waals surface area (Å²) < 4.78 is 0. The number of hydrogen-bond donors (Lipinski definition) is 3. The maximum Gasteiger partial charge on any atom is 0.264 e. The minimum Gasteiger partial charge on any atom is -0.382 e. The van der Waals surface area contributed by atoms with Gasteiger partial charge in [-0.2, -0.15) is 0 Å². The predicted molar refractivity (Wildman–Crippen MR) is 79.7 cm³/mol. The molecular weight excluding hydrogens is 250 g/mol. The molecule has 1 aromatic carbocycles. The van der Waals surface area contributed by atoms with E-state index in [4.69, 9.17) is 0 Å². The third-order valence-corrected chi connectivity index (χ3v) is 4.88. The van der Waals surface area contributed by atoms with Gasteiger partial charge in [-0.1, -0.05) is 18.6 Å². The Morgan fingerprint density at radius 2 is 1.90 bits per heavy atom. The van der Waals surface area contributed by atoms with E-state index in [2.05, 4.69) is 39.8 Å². The first kappa shape index (κ1) is 11.8. The maximum atomic E-state index is 11.1. The molecule has 1 aromatic heterocycles. The van der Waals surface area contributed by atoms with E-state index in [-0.39, 0.29) is 5.56 Å². The molecule has 3 unspecified atom stereocenters. The van der Waals surface area contributed by atoms with Crippen molar-refractivity contribution >= 4 is 5.69 Å². The quantitative estimate of drug-likeness (QED) is 0.802. The zero-order valence-electron chi connectivity index (χ0n) is 11.4. The molecule has 0 amide bonds. The van der Waals surface area contributed by atoms with E-state index in [1.165, 1.54) is 31.4 Å². The van der Waals surface area contributed by atoms with Gasteiger partial charge in [0.05, 0.1) is 5.69 Å². The lowest BCUT2D eigenvalue weighted by Gasteiger charge is -2.24. The van der Waals surface area contributed by atoms with E-state index in [0.717, 1.165) is 23.1 Å². The van der Waals surface area contributed by atoms with Crippen LogP contribution in [-0.4, -0.2) is 16.2 Å². The van der Waals surface area contributed by atoms with Crippen molar-refractivity contribution in [3.8, 4) is 11.3 Å². The SMILES string of the molecule is O=c1cc(-c2ccc(NC3CC4CCC3C4)cc2)[nH][nH]1. The normalized spacial score (nSPS) is 27.9. The van der Waals surface area contributed by atoms with E-state index in [1.807, 2.05) is 0 Å². The average molecular weight is 269 g/mol. The first-order valence-electron chi connectivity index (χ1n) is 7.42. The Kier molecular flexibility index (Phi) is 2.69. The van der Waals surface area contributed by atoms with E-state index in [1.54, 1.807) is 6.07 Å². The highest BCUT2D eigenvalue weighted by Crippen LogP contribution is 2.45. The fourth-order valence-corrected chi connectivity index (χ4v) is 3.87. The van der Waals surface area contributed by atoms with Crippen LogP contribution in [-0.2, 0) is 0 Å². The van der Waals surface area contributed by atoms with Crippen LogP contribution >= 0.6 is 0 Å². The Balaban J connectivity index is 1.49. The molecule has 2 saturated carbocycles. The Hall–Kier alpha value is -1.97. The summed E-state index contributed by atoms with van der Waals surface area (Å²) >= 11 is 0. The van der Waals surface area contributed by atoms with Gasteiger partial charge in [0.1, 0.15) is 0 Å². The number of H-pyrrole nitrogens is 2. The highest BCUT2D eigenvalue weighted by atomic mass is 16.1. The molecule has 3 N–H and O–H groups in total. The predicted octanol–water partition coefficient (Wildman–Crippen LogP) is 2.97. The van der Waals surface area contributed by atoms with Crippen LogP contribution in [0.2, 0.25) is 0 Å². The highest BCUT2D eigenvalue weighted by Gasteiger charge is 2.39. The second-order valence-corrected chi connectivity index (χ2v) is 6.18. The Labute approximate surface area is 117 Å². The molecule has 0 radical (unpaired) electrons. The number of benzene rings is 1. The van der Waals surface area contributed by atoms with Gasteiger partial charge < -0.3 is 5.32 Å². The molecule has 4 nitrogen and oxygen atoms in total. The second-order valence-electron chi connectivity index (χ2n) is 6.18. The van der Waals surface area contributed by atoms with Crippen LogP contribution in [0.3, 0.4) is 0 Å². The van der Waals surface area contributed by atoms with Gasteiger partial charge in [-0.05, 0) is 48.8 Å². The third-order valence-electron chi connectivity index (χ3n) is 4.88. The van der Waals surface area contributed by atoms with Crippen molar-refractivity contribution in [1.29, 1.82) is 0 Å². The molecule has 0 spiro atoms. The first-order valence-corrected chi connectivity index (χ1v) is 7.42. The van der Waals surface area contributed by atoms with Crippen molar-refractivity contribution < 1.29 is 0 Å². The molecule has 104 valence electrons. The summed E-state index contributed by atoms with van der Waals surface area (Å²) in [5.74, 6) is 1.84. The third kappa shape index (κ3) is 2.05. The molecule has 4 heteroatoms. The largest absolute Gasteiger partial charge is 0.382 e. The summed E-state index contributed by atoms with van der Waals surface area (Å²) in [6.45, 7) is 0. The van der Waals surface area contributed by atoms with Gasteiger partial charge in [-0.25, -0.2) is 0 Å². The van der Waals surface area contributed by atoms with Gasteiger partial charge >= 0.3 is 0 Å². The molecule has 2 aromatic rings. The highest BCUT2D eigenvalue weighted by molar-refractivity contribution is 5.62. The van der Waals surface area contributed by atoms with E-state index >= 15 is 0 Å². The molecule has 2 fully saturated rings. The molecule has 20 heavy (non-hydrogen) atoms. The van der Waals surface area contributed by atoms with Gasteiger partial charge in [0, 0.05) is 17.8 Å². The Bertz CT molecular complexity index is 655. The van der Waals surface area contributed by atoms with Crippen LogP contribution in [0.5, 0.6) is 0 Å². The van der Waals surface area contributed by atoms with Crippen LogP contribution in [0.25, 0.3) is 11.3 Å². The number of rotatable bonds is 3. The molecule has 0 aliphatic heterocycles. The molecule has 2 aliphatic carbocycles. The summed E-state index contributed by atoms with van der Waals surface area (Å²) in [5.41, 5.74) is 2.96. The fourth-order valence-electron chi connectivity index (χ4n) is 3.87. The number of fused-ring (bicyclic) bond motifs is 2. The van der Waals surface area contributed by atoms with Crippen LogP contribution < -0.4 is 10.9 Å². The van der Waals surface area contributed by atoms with Crippen LogP contribution in [0.15, 0.2) is 35.1 Å². The molecule has 0 saturated heterocycles. The van der Waals surface area contributed by atoms with Gasteiger partial charge in [-0.3, -0.25) is 15.0 Å². The standard InChI is InChI=1S/C16H19N3O/c20-16-9-15(18-19-16)11-3-5-13(6-4-11)17-14-8-10-1-2-12(14)7-10/h3-6,9-10,12,14,17H,1-2,7-8H2,(H2,18,19,20). The minimum atomic E-state index is -0.0933. The van der Waals surface area contributed by atoms with E-state index in [0.29, 0.717) is 6.04 Å². The smallest absolute Gasteiger partial charge is 0.264 e. The molecule has 2 aliphatic rings. The minimum absolute atomic E-state index is 0.0933. The molecule has 1 heterocycles. The van der Waals surface area contributed by atoms with Crippen LogP contribution in [0.1, 0.15) is 25.7 Å². The molecular formula is C16H19N3O. The average Bonchev–Trinajstić information content (AvgIpc) is 3.16. The summed E-state index contributed by atoms with van der Waals surface area (Å²) in [5, 5.41) is 9.12. The lowest BCUT2D eigenvalue weighted by Crippen LogP contribution is -2.25. The summed E-state index contributed by atoms with van der Waals surface area (Å²) in [6, 6.07) is 10.5.